The molecule has 0 aromatic rings. The highest BCUT2D eigenvalue weighted by atomic mass is 16.8. The van der Waals surface area contributed by atoms with Gasteiger partial charge in [0.1, 0.15) is 36.1 Å². The molecule has 2 saturated heterocycles. The maximum atomic E-state index is 13.5. The highest BCUT2D eigenvalue weighted by molar-refractivity contribution is 5.90. The van der Waals surface area contributed by atoms with Crippen LogP contribution >= 0.6 is 0 Å². The van der Waals surface area contributed by atoms with Gasteiger partial charge in [-0.25, -0.2) is 0 Å². The first kappa shape index (κ1) is 25.0. The fourth-order valence-electron chi connectivity index (χ4n) is 9.74. The van der Waals surface area contributed by atoms with Crippen molar-refractivity contribution in [3.05, 3.63) is 11.6 Å². The molecule has 200 valence electrons. The first-order chi connectivity index (χ1) is 17.2. The summed E-state index contributed by atoms with van der Waals surface area (Å²) in [5.41, 5.74) is -1.89. The van der Waals surface area contributed by atoms with Crippen molar-refractivity contribution in [2.24, 2.45) is 45.8 Å². The fraction of sp³-hybridized carbons (Fsp3) is 0.857. The largest absolute Gasteiger partial charge is 0.481 e. The molecule has 4 bridgehead atoms. The summed E-state index contributed by atoms with van der Waals surface area (Å²) in [7, 11) is 3.26. The van der Waals surface area contributed by atoms with Gasteiger partial charge in [-0.1, -0.05) is 38.8 Å². The van der Waals surface area contributed by atoms with Crippen LogP contribution in [0.4, 0.5) is 0 Å². The molecule has 0 aromatic heterocycles. The molecule has 8 nitrogen and oxygen atoms in total. The average molecular weight is 505 g/mol. The number of fused-ring (bicyclic) bond motifs is 3. The summed E-state index contributed by atoms with van der Waals surface area (Å²) >= 11 is 0. The number of carbonyl (C=O) groups is 2. The van der Waals surface area contributed by atoms with E-state index in [4.69, 9.17) is 23.7 Å². The third-order valence-electron chi connectivity index (χ3n) is 11.1. The van der Waals surface area contributed by atoms with Crippen molar-refractivity contribution in [1.82, 2.24) is 0 Å². The monoisotopic (exact) mass is 504 g/mol. The third kappa shape index (κ3) is 2.83. The van der Waals surface area contributed by atoms with Gasteiger partial charge in [0.05, 0.1) is 18.6 Å². The molecule has 0 unspecified atom stereocenters. The Hall–Kier alpha value is -1.32. The first-order valence-electron chi connectivity index (χ1n) is 13.6. The van der Waals surface area contributed by atoms with Gasteiger partial charge in [0.25, 0.3) is 0 Å². The second-order valence-corrected chi connectivity index (χ2v) is 12.6. The number of allylic oxidation sites excluding steroid dienone is 1. The zero-order valence-corrected chi connectivity index (χ0v) is 22.0. The van der Waals surface area contributed by atoms with Gasteiger partial charge in [0, 0.05) is 19.6 Å². The number of aldehydes is 1. The van der Waals surface area contributed by atoms with Crippen molar-refractivity contribution < 1.29 is 38.4 Å². The molecule has 0 amide bonds. The van der Waals surface area contributed by atoms with E-state index in [-0.39, 0.29) is 48.8 Å². The van der Waals surface area contributed by atoms with Crippen LogP contribution in [0, 0.1) is 45.8 Å². The Balaban J connectivity index is 1.38. The molecule has 0 spiro atoms. The second kappa shape index (κ2) is 8.34. The van der Waals surface area contributed by atoms with Gasteiger partial charge in [-0.3, -0.25) is 4.79 Å². The average Bonchev–Trinajstić information content (AvgIpc) is 3.44. The number of carboxylic acid groups (broad SMARTS) is 1. The lowest BCUT2D eigenvalue weighted by atomic mass is 9.43. The number of epoxide rings is 1. The minimum atomic E-state index is -1.24. The van der Waals surface area contributed by atoms with Gasteiger partial charge >= 0.3 is 5.97 Å². The Kier molecular flexibility index (Phi) is 5.79. The van der Waals surface area contributed by atoms with E-state index in [1.807, 2.05) is 0 Å². The van der Waals surface area contributed by atoms with Crippen molar-refractivity contribution in [3.8, 4) is 0 Å². The predicted octanol–water partition coefficient (Wildman–Crippen LogP) is 3.08. The number of carboxylic acids is 1. The molecule has 2 aliphatic heterocycles. The molecular weight excluding hydrogens is 464 g/mol. The van der Waals surface area contributed by atoms with E-state index >= 15 is 0 Å². The predicted molar refractivity (Wildman–Crippen MR) is 128 cm³/mol. The Morgan fingerprint density at radius 1 is 1.22 bits per heavy atom. The molecule has 36 heavy (non-hydrogen) atoms. The van der Waals surface area contributed by atoms with Crippen LogP contribution < -0.4 is 0 Å². The van der Waals surface area contributed by atoms with Crippen LogP contribution in [0.1, 0.15) is 46.5 Å². The minimum Gasteiger partial charge on any atom is -0.481 e. The molecule has 4 aliphatic carbocycles. The molecular formula is C28H40O8. The zero-order chi connectivity index (χ0) is 25.6. The highest BCUT2D eigenvalue weighted by Crippen LogP contribution is 2.82. The third-order valence-corrected chi connectivity index (χ3v) is 11.1. The van der Waals surface area contributed by atoms with Gasteiger partial charge in [-0.15, -0.1) is 0 Å². The number of methoxy groups -OCH3 is 2. The first-order valence-corrected chi connectivity index (χ1v) is 13.6. The number of hydrogen-bond donors (Lipinski definition) is 1. The summed E-state index contributed by atoms with van der Waals surface area (Å²) in [6.45, 7) is 6.97. The van der Waals surface area contributed by atoms with E-state index in [0.717, 1.165) is 31.1 Å². The van der Waals surface area contributed by atoms with E-state index in [9.17, 15) is 14.7 Å². The normalized spacial score (nSPS) is 52.2. The SMILES string of the molecule is COC[C@H]1O[C@@H](OC[C@@]23C[C@@H]4[C@H](C)CC[C@H]4[C@@]4(C=O)C[C@@H]2C=C(C(C)C)[C@@]34C(=O)O)[C@H]2O[C@H]2[C@@H]1OC. The number of ether oxygens (including phenoxy) is 5. The van der Waals surface area contributed by atoms with Crippen molar-refractivity contribution >= 4 is 12.3 Å². The van der Waals surface area contributed by atoms with Crippen LogP contribution in [0.3, 0.4) is 0 Å². The van der Waals surface area contributed by atoms with E-state index < -0.39 is 28.5 Å². The zero-order valence-electron chi connectivity index (χ0n) is 22.0. The van der Waals surface area contributed by atoms with Crippen molar-refractivity contribution in [2.45, 2.75) is 77.2 Å². The van der Waals surface area contributed by atoms with Crippen molar-refractivity contribution in [3.63, 3.8) is 0 Å². The standard InChI is InChI=1S/C28H40O8/c1-14(2)19-8-16-9-26(12-29)18-7-6-15(3)17(18)10-27(16,28(19,26)25(30)31)13-34-24-23-22(36-23)21(33-5)20(35-24)11-32-4/h8,12,14-18,20-24H,6-7,9-11,13H2,1-5H3,(H,30,31)/t15-,16+,17-,18-,20-,21-,22+,23+,24-,26+,27+,28+/m1/s1. The molecule has 6 rings (SSSR count). The lowest BCUT2D eigenvalue weighted by Crippen LogP contribution is -2.64. The summed E-state index contributed by atoms with van der Waals surface area (Å²) in [5, 5.41) is 11.1. The summed E-state index contributed by atoms with van der Waals surface area (Å²) < 4.78 is 29.7. The minimum absolute atomic E-state index is 0.00463. The topological polar surface area (TPSA) is 104 Å². The van der Waals surface area contributed by atoms with Gasteiger partial charge < -0.3 is 33.6 Å². The van der Waals surface area contributed by atoms with E-state index in [2.05, 4.69) is 26.8 Å². The molecule has 6 aliphatic rings. The molecule has 3 saturated carbocycles. The van der Waals surface area contributed by atoms with E-state index in [1.165, 1.54) is 0 Å². The van der Waals surface area contributed by atoms with Crippen LogP contribution in [0.2, 0.25) is 0 Å². The van der Waals surface area contributed by atoms with Crippen LogP contribution in [0.25, 0.3) is 0 Å². The second-order valence-electron chi connectivity index (χ2n) is 12.6. The van der Waals surface area contributed by atoms with E-state index in [0.29, 0.717) is 24.9 Å². The van der Waals surface area contributed by atoms with Gasteiger partial charge in [-0.2, -0.15) is 0 Å². The maximum Gasteiger partial charge on any atom is 0.315 e. The summed E-state index contributed by atoms with van der Waals surface area (Å²) in [5.74, 6) is 0.0735. The van der Waals surface area contributed by atoms with Crippen LogP contribution in [0.15, 0.2) is 11.6 Å². The molecule has 2 heterocycles. The highest BCUT2D eigenvalue weighted by Gasteiger charge is 2.84. The Morgan fingerprint density at radius 3 is 2.64 bits per heavy atom. The van der Waals surface area contributed by atoms with Crippen LogP contribution in [-0.4, -0.2) is 75.5 Å². The Morgan fingerprint density at radius 2 is 2.00 bits per heavy atom. The van der Waals surface area contributed by atoms with Crippen LogP contribution in [0.5, 0.6) is 0 Å². The lowest BCUT2D eigenvalue weighted by Gasteiger charge is -2.58. The lowest BCUT2D eigenvalue weighted by molar-refractivity contribution is -0.246. The Labute approximate surface area is 213 Å². The summed E-state index contributed by atoms with van der Waals surface area (Å²) in [6, 6.07) is 0. The van der Waals surface area contributed by atoms with Crippen molar-refractivity contribution in [1.29, 1.82) is 0 Å². The molecule has 5 fully saturated rings. The summed E-state index contributed by atoms with van der Waals surface area (Å²) in [6.07, 6.45) is 5.05. The molecule has 12 atom stereocenters. The number of aliphatic carboxylic acids is 1. The summed E-state index contributed by atoms with van der Waals surface area (Å²) in [4.78, 5) is 26.7. The number of rotatable bonds is 9. The molecule has 8 heteroatoms. The molecule has 1 N–H and O–H groups in total. The smallest absolute Gasteiger partial charge is 0.315 e. The number of hydrogen-bond acceptors (Lipinski definition) is 7. The van der Waals surface area contributed by atoms with Crippen LogP contribution in [-0.2, 0) is 33.3 Å². The molecule has 0 radical (unpaired) electrons. The Bertz CT molecular complexity index is 963. The van der Waals surface area contributed by atoms with Gasteiger partial charge in [0.15, 0.2) is 6.29 Å². The maximum absolute atomic E-state index is 13.5. The quantitative estimate of drug-likeness (QED) is 0.290. The van der Waals surface area contributed by atoms with E-state index in [1.54, 1.807) is 14.2 Å². The number of carbonyl (C=O) groups excluding carboxylic acids is 1. The van der Waals surface area contributed by atoms with Crippen molar-refractivity contribution in [2.75, 3.05) is 27.4 Å². The fourth-order valence-corrected chi connectivity index (χ4v) is 9.74. The molecule has 0 aromatic carbocycles. The van der Waals surface area contributed by atoms with Gasteiger partial charge in [0.2, 0.25) is 0 Å². The van der Waals surface area contributed by atoms with Gasteiger partial charge in [-0.05, 0) is 48.9 Å².